The maximum Gasteiger partial charge on any atom is 0.322 e. The molecule has 0 aliphatic heterocycles. The molecule has 0 atom stereocenters. The third kappa shape index (κ3) is 39.4. The number of hydrogen-bond acceptors (Lipinski definition) is 5. The normalized spacial score (nSPS) is 11.2. The van der Waals surface area contributed by atoms with E-state index < -0.39 is 17.4 Å². The first-order valence-corrected chi connectivity index (χ1v) is 22.1. The number of aliphatic hydroxyl groups excluding tert-OH is 1. The fourth-order valence-corrected chi connectivity index (χ4v) is 4.65. The van der Waals surface area contributed by atoms with Gasteiger partial charge in [0.1, 0.15) is 4.32 Å². The second-order valence-corrected chi connectivity index (χ2v) is 21.9. The van der Waals surface area contributed by atoms with Crippen molar-refractivity contribution in [2.75, 3.05) is 32.8 Å². The van der Waals surface area contributed by atoms with Gasteiger partial charge in [0.15, 0.2) is 0 Å². The summed E-state index contributed by atoms with van der Waals surface area (Å²) in [6.45, 7) is 27.6. The summed E-state index contributed by atoms with van der Waals surface area (Å²) in [6.07, 6.45) is 4.44. The van der Waals surface area contributed by atoms with Crippen molar-refractivity contribution in [1.82, 2.24) is 4.90 Å². The lowest BCUT2D eigenvalue weighted by Crippen LogP contribution is -2.26. The number of nitrogens with zero attached hydrogens (tertiary/aromatic N) is 1. The molecule has 0 amide bonds. The monoisotopic (exact) mass is 741 g/mol. The molecule has 220 valence electrons. The summed E-state index contributed by atoms with van der Waals surface area (Å²) < 4.78 is 4.14. The molecular weight excluding hydrogens is 686 g/mol. The van der Waals surface area contributed by atoms with Gasteiger partial charge < -0.3 is 14.7 Å². The van der Waals surface area contributed by atoms with Gasteiger partial charge in [0.05, 0.1) is 10.9 Å². The smallest absolute Gasteiger partial charge is 0.322 e. The third-order valence-electron chi connectivity index (χ3n) is 4.89. The van der Waals surface area contributed by atoms with Gasteiger partial charge >= 0.3 is 5.97 Å². The number of carbonyl (C=O) groups excluding carboxylic acids is 2. The Labute approximate surface area is 252 Å². The largest absolute Gasteiger partial charge is 0.465 e. The van der Waals surface area contributed by atoms with E-state index in [-0.39, 0.29) is 19.5 Å². The van der Waals surface area contributed by atoms with Crippen LogP contribution < -0.4 is 0 Å². The number of rotatable bonds is 14. The van der Waals surface area contributed by atoms with Crippen molar-refractivity contribution in [2.24, 2.45) is 0 Å². The Balaban J connectivity index is -0.000000201. The van der Waals surface area contributed by atoms with Crippen molar-refractivity contribution in [1.29, 1.82) is 0 Å². The molecule has 0 heterocycles. The van der Waals surface area contributed by atoms with Crippen molar-refractivity contribution >= 4 is 76.0 Å². The van der Waals surface area contributed by atoms with Gasteiger partial charge in [-0.25, -0.2) is 0 Å². The van der Waals surface area contributed by atoms with Crippen molar-refractivity contribution in [3.63, 3.8) is 0 Å². The lowest BCUT2D eigenvalue weighted by Gasteiger charge is -2.14. The van der Waals surface area contributed by atoms with Crippen molar-refractivity contribution < 1.29 is 19.4 Å². The topological polar surface area (TPSA) is 66.8 Å². The highest BCUT2D eigenvalue weighted by Crippen LogP contribution is 2.19. The number of carbonyl (C=O) groups is 2. The van der Waals surface area contributed by atoms with Gasteiger partial charge in [0, 0.05) is 24.2 Å². The minimum absolute atomic E-state index is 0.0278. The quantitative estimate of drug-likeness (QED) is 0.0652. The summed E-state index contributed by atoms with van der Waals surface area (Å²) >= 11 is 9.22. The zero-order chi connectivity index (χ0) is 29.4. The molecule has 0 aromatic heterocycles. The first-order chi connectivity index (χ1) is 16.4. The number of alkyl halides is 2. The van der Waals surface area contributed by atoms with Crippen LogP contribution in [0, 0.1) is 0 Å². The molecule has 5 nitrogen and oxygen atoms in total. The van der Waals surface area contributed by atoms with Crippen LogP contribution >= 0.6 is 47.8 Å². The molecule has 0 rings (SSSR count). The number of hydrogen-bond donors (Lipinski definition) is 1. The van der Waals surface area contributed by atoms with Crippen LogP contribution in [0.5, 0.6) is 0 Å². The van der Waals surface area contributed by atoms with Crippen molar-refractivity contribution in [2.45, 2.75) is 121 Å². The predicted molar refractivity (Wildman–Crippen MR) is 177 cm³/mol. The molecule has 0 fully saturated rings. The van der Waals surface area contributed by atoms with Crippen LogP contribution in [-0.4, -0.2) is 79.8 Å². The molecule has 0 aromatic rings. The highest BCUT2D eigenvalue weighted by molar-refractivity contribution is 9.20. The predicted octanol–water partition coefficient (Wildman–Crippen LogP) is 7.65. The Kier molecular flexibility index (Phi) is 33.6. The SMILES string of the molecule is CC(C)(Br)C(=O)Br.CCN(CC)CC.C[SiH](C)CCCCO.C[SiH](C)CCCCOC(=O)C(C)(C)Br. The van der Waals surface area contributed by atoms with Gasteiger partial charge in [-0.2, -0.15) is 0 Å². The molecule has 1 N–H and O–H groups in total. The van der Waals surface area contributed by atoms with Crippen LogP contribution in [0.15, 0.2) is 0 Å². The Hall–Kier alpha value is 0.934. The second kappa shape index (κ2) is 27.5. The standard InChI is InChI=1S/C10H21BrO2Si.C6H15N.C6H16OSi.C4H6Br2O/c1-10(2,11)9(12)13-7-5-6-8-14(3)4;1-4-7(5-2)6-3;1-8(2)6-4-3-5-7;1-4(2,6)3(5)7/h14H,5-8H2,1-4H3;4-6H2,1-3H3;7-8H,3-6H2,1-2H3;1-2H3. The fraction of sp³-hybridized carbons (Fsp3) is 0.923. The molecule has 0 aromatic carbocycles. The van der Waals surface area contributed by atoms with Gasteiger partial charge in [-0.3, -0.25) is 9.59 Å². The molecule has 36 heavy (non-hydrogen) atoms. The maximum atomic E-state index is 11.3. The van der Waals surface area contributed by atoms with Crippen LogP contribution in [0.4, 0.5) is 0 Å². The van der Waals surface area contributed by atoms with Gasteiger partial charge in [0.2, 0.25) is 4.69 Å². The summed E-state index contributed by atoms with van der Waals surface area (Å²) in [5, 5.41) is 8.39. The Morgan fingerprint density at radius 2 is 1.14 bits per heavy atom. The highest BCUT2D eigenvalue weighted by atomic mass is 79.9. The van der Waals surface area contributed by atoms with Gasteiger partial charge in [-0.1, -0.05) is 104 Å². The Morgan fingerprint density at radius 3 is 1.36 bits per heavy atom. The van der Waals surface area contributed by atoms with Gasteiger partial charge in [-0.05, 0) is 76.1 Å². The fourth-order valence-electron chi connectivity index (χ4n) is 2.33. The minimum atomic E-state index is -0.542. The summed E-state index contributed by atoms with van der Waals surface area (Å²) in [4.78, 5) is 24.0. The van der Waals surface area contributed by atoms with Crippen LogP contribution in [0.1, 0.15) is 74.1 Å². The van der Waals surface area contributed by atoms with Crippen LogP contribution in [-0.2, 0) is 14.3 Å². The second-order valence-electron chi connectivity index (χ2n) is 10.5. The highest BCUT2D eigenvalue weighted by Gasteiger charge is 2.25. The number of unbranched alkanes of at least 4 members (excludes halogenated alkanes) is 2. The number of ether oxygens (including phenoxy) is 1. The molecule has 10 heteroatoms. The average molecular weight is 745 g/mol. The molecule has 0 unspecified atom stereocenters. The van der Waals surface area contributed by atoms with Crippen LogP contribution in [0.2, 0.25) is 38.3 Å². The summed E-state index contributed by atoms with van der Waals surface area (Å²) in [5.74, 6) is -0.167. The summed E-state index contributed by atoms with van der Waals surface area (Å²) in [7, 11) is -0.734. The lowest BCUT2D eigenvalue weighted by atomic mass is 10.2. The molecule has 0 bridgehead atoms. The van der Waals surface area contributed by atoms with E-state index in [1.807, 2.05) is 0 Å². The van der Waals surface area contributed by atoms with E-state index in [4.69, 9.17) is 9.84 Å². The lowest BCUT2D eigenvalue weighted by molar-refractivity contribution is -0.145. The minimum Gasteiger partial charge on any atom is -0.465 e. The van der Waals surface area contributed by atoms with Gasteiger partial charge in [0.25, 0.3) is 0 Å². The van der Waals surface area contributed by atoms with E-state index in [9.17, 15) is 9.59 Å². The van der Waals surface area contributed by atoms with E-state index in [0.717, 1.165) is 12.8 Å². The van der Waals surface area contributed by atoms with E-state index in [1.165, 1.54) is 44.6 Å². The van der Waals surface area contributed by atoms with E-state index in [1.54, 1.807) is 27.7 Å². The number of aliphatic hydroxyl groups is 1. The maximum absolute atomic E-state index is 11.3. The van der Waals surface area contributed by atoms with Crippen LogP contribution in [0.25, 0.3) is 0 Å². The first-order valence-electron chi connectivity index (χ1n) is 13.5. The zero-order valence-electron chi connectivity index (χ0n) is 25.2. The zero-order valence-corrected chi connectivity index (χ0v) is 32.3. The van der Waals surface area contributed by atoms with E-state index >= 15 is 0 Å². The molecule has 0 saturated heterocycles. The van der Waals surface area contributed by atoms with Crippen LogP contribution in [0.3, 0.4) is 0 Å². The molecule has 0 spiro atoms. The number of halogens is 3. The summed E-state index contributed by atoms with van der Waals surface area (Å²) in [6, 6.07) is 2.73. The molecular formula is C26H58Br3NO4Si2. The Bertz CT molecular complexity index is 503. The molecule has 0 saturated carbocycles. The molecule has 0 radical (unpaired) electrons. The van der Waals surface area contributed by atoms with Gasteiger partial charge in [-0.15, -0.1) is 0 Å². The Morgan fingerprint density at radius 1 is 0.778 bits per heavy atom. The third-order valence-corrected chi connectivity index (χ3v) is 10.2. The van der Waals surface area contributed by atoms with E-state index in [2.05, 4.69) is 99.6 Å². The van der Waals surface area contributed by atoms with E-state index in [0.29, 0.717) is 13.2 Å². The van der Waals surface area contributed by atoms with Crippen molar-refractivity contribution in [3.8, 4) is 0 Å². The number of esters is 1. The average Bonchev–Trinajstić information content (AvgIpc) is 2.74. The summed E-state index contributed by atoms with van der Waals surface area (Å²) in [5.41, 5.74) is 0. The molecule has 0 aliphatic carbocycles. The molecule has 0 aliphatic rings. The first kappa shape index (κ1) is 44.0. The van der Waals surface area contributed by atoms with Crippen molar-refractivity contribution in [3.05, 3.63) is 0 Å².